The van der Waals surface area contributed by atoms with Gasteiger partial charge in [0.15, 0.2) is 0 Å². The molecule has 1 rings (SSSR count). The van der Waals surface area contributed by atoms with Crippen LogP contribution in [-0.4, -0.2) is 5.04 Å². The largest absolute Gasteiger partial charge is 0.298 e. The number of aryl methyl sites for hydroxylation is 1. The summed E-state index contributed by atoms with van der Waals surface area (Å²) in [6.45, 7) is 3.56. The van der Waals surface area contributed by atoms with Gasteiger partial charge in [-0.1, -0.05) is 11.8 Å². The third-order valence-electron chi connectivity index (χ3n) is 1.40. The van der Waals surface area contributed by atoms with Crippen LogP contribution in [0.15, 0.2) is 23.1 Å². The number of nitrogens with one attached hydrogen (secondary N) is 1. The van der Waals surface area contributed by atoms with E-state index in [0.29, 0.717) is 5.04 Å². The van der Waals surface area contributed by atoms with Gasteiger partial charge in [-0.2, -0.15) is 0 Å². The lowest BCUT2D eigenvalue weighted by Gasteiger charge is -2.02. The van der Waals surface area contributed by atoms with E-state index in [1.54, 1.807) is 13.0 Å². The second kappa shape index (κ2) is 3.72. The molecule has 1 N–H and O–H groups in total. The van der Waals surface area contributed by atoms with E-state index >= 15 is 0 Å². The van der Waals surface area contributed by atoms with E-state index in [-0.39, 0.29) is 5.82 Å². The predicted molar refractivity (Wildman–Crippen MR) is 50.4 cm³/mol. The molecule has 0 saturated carbocycles. The molecular weight excluding hydrogens is 173 g/mol. The number of rotatable bonds is 1. The molecule has 3 heteroatoms. The minimum atomic E-state index is -0.223. The molecule has 0 amide bonds. The normalized spacial score (nSPS) is 9.92. The summed E-state index contributed by atoms with van der Waals surface area (Å²) in [5.74, 6) is -0.223. The van der Waals surface area contributed by atoms with Gasteiger partial charge in [0.2, 0.25) is 0 Å². The van der Waals surface area contributed by atoms with Gasteiger partial charge in [-0.05, 0) is 37.6 Å². The van der Waals surface area contributed by atoms with E-state index in [9.17, 15) is 4.39 Å². The van der Waals surface area contributed by atoms with Crippen LogP contribution in [0.2, 0.25) is 0 Å². The maximum Gasteiger partial charge on any atom is 0.123 e. The van der Waals surface area contributed by atoms with Crippen molar-refractivity contribution in [3.05, 3.63) is 29.6 Å². The highest BCUT2D eigenvalue weighted by Gasteiger charge is 2.00. The molecule has 1 nitrogen and oxygen atoms in total. The summed E-state index contributed by atoms with van der Waals surface area (Å²) in [5, 5.41) is 7.77. The lowest BCUT2D eigenvalue weighted by Crippen LogP contribution is -1.85. The van der Waals surface area contributed by atoms with Crippen LogP contribution in [0.1, 0.15) is 12.5 Å². The van der Waals surface area contributed by atoms with Gasteiger partial charge in [0.05, 0.1) is 5.04 Å². The van der Waals surface area contributed by atoms with Gasteiger partial charge in [0.1, 0.15) is 5.82 Å². The zero-order valence-electron chi connectivity index (χ0n) is 7.02. The highest BCUT2D eigenvalue weighted by atomic mass is 32.2. The molecule has 0 aliphatic heterocycles. The molecule has 0 aliphatic carbocycles. The Morgan fingerprint density at radius 1 is 1.50 bits per heavy atom. The van der Waals surface area contributed by atoms with Crippen molar-refractivity contribution in [1.29, 1.82) is 5.41 Å². The molecule has 0 aromatic heterocycles. The molecule has 0 unspecified atom stereocenters. The summed E-state index contributed by atoms with van der Waals surface area (Å²) < 4.78 is 12.6. The minimum absolute atomic E-state index is 0.223. The van der Waals surface area contributed by atoms with Gasteiger partial charge in [-0.15, -0.1) is 0 Å². The van der Waals surface area contributed by atoms with E-state index in [2.05, 4.69) is 0 Å². The molecule has 64 valence electrons. The van der Waals surface area contributed by atoms with Crippen molar-refractivity contribution >= 4 is 16.8 Å². The van der Waals surface area contributed by atoms with Gasteiger partial charge in [-0.25, -0.2) is 4.39 Å². The highest BCUT2D eigenvalue weighted by molar-refractivity contribution is 8.13. The number of benzene rings is 1. The molecule has 0 radical (unpaired) electrons. The number of hydrogen-bond acceptors (Lipinski definition) is 2. The van der Waals surface area contributed by atoms with Crippen molar-refractivity contribution in [3.8, 4) is 0 Å². The fourth-order valence-corrected chi connectivity index (χ4v) is 1.58. The summed E-state index contributed by atoms with van der Waals surface area (Å²) >= 11 is 1.35. The Hall–Kier alpha value is -0.830. The standard InChI is InChI=1S/C9H10FNS/c1-6-5-8(10)3-4-9(6)12-7(2)11/h3-5,11H,1-2H3. The van der Waals surface area contributed by atoms with Gasteiger partial charge >= 0.3 is 0 Å². The zero-order valence-corrected chi connectivity index (χ0v) is 7.83. The fraction of sp³-hybridized carbons (Fsp3) is 0.222. The maximum absolute atomic E-state index is 12.6. The first-order chi connectivity index (χ1) is 5.59. The van der Waals surface area contributed by atoms with Crippen molar-refractivity contribution in [2.24, 2.45) is 0 Å². The van der Waals surface area contributed by atoms with Crippen molar-refractivity contribution in [3.63, 3.8) is 0 Å². The van der Waals surface area contributed by atoms with Gasteiger partial charge in [0, 0.05) is 4.90 Å². The maximum atomic E-state index is 12.6. The summed E-state index contributed by atoms with van der Waals surface area (Å²) in [6, 6.07) is 4.59. The number of thioether (sulfide) groups is 1. The van der Waals surface area contributed by atoms with Crippen LogP contribution >= 0.6 is 11.8 Å². The predicted octanol–water partition coefficient (Wildman–Crippen LogP) is 3.22. The Kier molecular flexibility index (Phi) is 2.87. The summed E-state index contributed by atoms with van der Waals surface area (Å²) in [5.41, 5.74) is 0.881. The molecule has 12 heavy (non-hydrogen) atoms. The molecular formula is C9H10FNS. The average molecular weight is 183 g/mol. The van der Waals surface area contributed by atoms with E-state index in [4.69, 9.17) is 5.41 Å². The third-order valence-corrected chi connectivity index (χ3v) is 2.38. The Labute approximate surface area is 75.5 Å². The summed E-state index contributed by atoms with van der Waals surface area (Å²) in [7, 11) is 0. The first kappa shape index (κ1) is 9.26. The third kappa shape index (κ3) is 2.34. The molecule has 0 heterocycles. The second-order valence-electron chi connectivity index (χ2n) is 2.57. The van der Waals surface area contributed by atoms with Gasteiger partial charge < -0.3 is 0 Å². The average Bonchev–Trinajstić information content (AvgIpc) is 1.94. The summed E-state index contributed by atoms with van der Waals surface area (Å²) in [6.07, 6.45) is 0. The monoisotopic (exact) mass is 183 g/mol. The molecule has 1 aromatic rings. The van der Waals surface area contributed by atoms with Crippen LogP contribution in [0.4, 0.5) is 4.39 Å². The van der Waals surface area contributed by atoms with Crippen molar-refractivity contribution < 1.29 is 4.39 Å². The van der Waals surface area contributed by atoms with Crippen LogP contribution in [0.25, 0.3) is 0 Å². The van der Waals surface area contributed by atoms with E-state index < -0.39 is 0 Å². The lowest BCUT2D eigenvalue weighted by molar-refractivity contribution is 0.625. The lowest BCUT2D eigenvalue weighted by atomic mass is 10.2. The summed E-state index contributed by atoms with van der Waals surface area (Å²) in [4.78, 5) is 0.948. The number of halogens is 1. The molecule has 0 bridgehead atoms. The first-order valence-electron chi connectivity index (χ1n) is 3.59. The topological polar surface area (TPSA) is 23.9 Å². The zero-order chi connectivity index (χ0) is 9.14. The second-order valence-corrected chi connectivity index (χ2v) is 3.82. The van der Waals surface area contributed by atoms with E-state index in [0.717, 1.165) is 10.5 Å². The van der Waals surface area contributed by atoms with Crippen LogP contribution < -0.4 is 0 Å². The van der Waals surface area contributed by atoms with Crippen molar-refractivity contribution in [2.75, 3.05) is 0 Å². The van der Waals surface area contributed by atoms with Gasteiger partial charge in [0.25, 0.3) is 0 Å². The minimum Gasteiger partial charge on any atom is -0.298 e. The number of hydrogen-bond donors (Lipinski definition) is 1. The van der Waals surface area contributed by atoms with Crippen molar-refractivity contribution in [1.82, 2.24) is 0 Å². The fourth-order valence-electron chi connectivity index (χ4n) is 0.892. The smallest absolute Gasteiger partial charge is 0.123 e. The van der Waals surface area contributed by atoms with Crippen LogP contribution in [0.3, 0.4) is 0 Å². The molecule has 0 saturated heterocycles. The molecule has 0 aliphatic rings. The Balaban J connectivity index is 2.93. The Morgan fingerprint density at radius 3 is 2.67 bits per heavy atom. The van der Waals surface area contributed by atoms with Crippen molar-refractivity contribution in [2.45, 2.75) is 18.7 Å². The molecule has 0 spiro atoms. The Morgan fingerprint density at radius 2 is 2.17 bits per heavy atom. The van der Waals surface area contributed by atoms with E-state index in [1.807, 2.05) is 6.92 Å². The first-order valence-corrected chi connectivity index (χ1v) is 4.40. The quantitative estimate of drug-likeness (QED) is 0.403. The van der Waals surface area contributed by atoms with Crippen LogP contribution in [0, 0.1) is 18.2 Å². The van der Waals surface area contributed by atoms with Crippen LogP contribution in [-0.2, 0) is 0 Å². The molecule has 0 atom stereocenters. The Bertz CT molecular complexity index is 309. The van der Waals surface area contributed by atoms with Crippen LogP contribution in [0.5, 0.6) is 0 Å². The SMILES string of the molecule is CC(=N)Sc1ccc(F)cc1C. The molecule has 0 fully saturated rings. The highest BCUT2D eigenvalue weighted by Crippen LogP contribution is 2.23. The van der Waals surface area contributed by atoms with E-state index in [1.165, 1.54) is 23.9 Å². The molecule has 1 aromatic carbocycles. The van der Waals surface area contributed by atoms with Gasteiger partial charge in [-0.3, -0.25) is 5.41 Å².